The van der Waals surface area contributed by atoms with Crippen molar-refractivity contribution in [1.82, 2.24) is 5.32 Å². The third-order valence-electron chi connectivity index (χ3n) is 2.56. The number of carbonyl (C=O) groups excluding carboxylic acids is 1. The Morgan fingerprint density at radius 1 is 1.38 bits per heavy atom. The first-order valence-corrected chi connectivity index (χ1v) is 6.05. The fourth-order valence-electron chi connectivity index (χ4n) is 1.54. The van der Waals surface area contributed by atoms with Gasteiger partial charge in [0.05, 0.1) is 11.3 Å². The third-order valence-corrected chi connectivity index (χ3v) is 2.56. The molecule has 3 N–H and O–H groups in total. The predicted molar refractivity (Wildman–Crippen MR) is 76.0 cm³/mol. The van der Waals surface area contributed by atoms with Gasteiger partial charge in [0.1, 0.15) is 6.04 Å². The fraction of sp³-hybridized carbons (Fsp3) is 0.231. The lowest BCUT2D eigenvalue weighted by atomic mass is 10.2. The van der Waals surface area contributed by atoms with E-state index < -0.39 is 22.8 Å². The Hall–Kier alpha value is -2.74. The van der Waals surface area contributed by atoms with Gasteiger partial charge >= 0.3 is 5.97 Å². The average Bonchev–Trinajstić information content (AvgIpc) is 2.43. The van der Waals surface area contributed by atoms with E-state index in [1.54, 1.807) is 0 Å². The smallest absolute Gasteiger partial charge is 0.321 e. The quantitative estimate of drug-likeness (QED) is 0.375. The van der Waals surface area contributed by atoms with E-state index in [9.17, 15) is 19.7 Å². The van der Waals surface area contributed by atoms with E-state index >= 15 is 0 Å². The van der Waals surface area contributed by atoms with Crippen LogP contribution < -0.4 is 10.6 Å². The number of non-ortho nitro benzene ring substituents is 1. The maximum atomic E-state index is 11.7. The molecule has 21 heavy (non-hydrogen) atoms. The second-order valence-corrected chi connectivity index (χ2v) is 4.14. The molecule has 0 aliphatic rings. The minimum absolute atomic E-state index is 0.0935. The summed E-state index contributed by atoms with van der Waals surface area (Å²) in [5.41, 5.74) is 0.266. The summed E-state index contributed by atoms with van der Waals surface area (Å²) in [6.45, 7) is 3.72. The Morgan fingerprint density at radius 2 is 2.00 bits per heavy atom. The van der Waals surface area contributed by atoms with Gasteiger partial charge in [-0.3, -0.25) is 19.7 Å². The number of carbonyl (C=O) groups is 2. The van der Waals surface area contributed by atoms with E-state index in [4.69, 9.17) is 5.11 Å². The summed E-state index contributed by atoms with van der Waals surface area (Å²) in [6.07, 6.45) is 1.23. The molecule has 112 valence electrons. The molecule has 1 atom stereocenters. The highest BCUT2D eigenvalue weighted by Crippen LogP contribution is 2.15. The monoisotopic (exact) mass is 293 g/mol. The number of amides is 1. The lowest BCUT2D eigenvalue weighted by Crippen LogP contribution is -2.39. The minimum Gasteiger partial charge on any atom is -0.480 e. The molecule has 0 saturated carbocycles. The van der Waals surface area contributed by atoms with E-state index in [1.165, 1.54) is 30.3 Å². The molecule has 1 unspecified atom stereocenters. The summed E-state index contributed by atoms with van der Waals surface area (Å²) in [5.74, 6) is -1.65. The van der Waals surface area contributed by atoms with Crippen LogP contribution in [0.3, 0.4) is 0 Å². The van der Waals surface area contributed by atoms with Crippen molar-refractivity contribution >= 4 is 23.3 Å². The van der Waals surface area contributed by atoms with Crippen molar-refractivity contribution in [2.45, 2.75) is 12.5 Å². The van der Waals surface area contributed by atoms with Crippen LogP contribution in [0.15, 0.2) is 36.9 Å². The van der Waals surface area contributed by atoms with Gasteiger partial charge in [-0.1, -0.05) is 6.08 Å². The van der Waals surface area contributed by atoms with Crippen LogP contribution in [0.5, 0.6) is 0 Å². The Kier molecular flexibility index (Phi) is 6.02. The van der Waals surface area contributed by atoms with E-state index in [-0.39, 0.29) is 18.7 Å². The Labute approximate surface area is 120 Å². The van der Waals surface area contributed by atoms with Gasteiger partial charge in [0, 0.05) is 24.4 Å². The fourth-order valence-corrected chi connectivity index (χ4v) is 1.54. The van der Waals surface area contributed by atoms with Crippen molar-refractivity contribution < 1.29 is 19.6 Å². The lowest BCUT2D eigenvalue weighted by Gasteiger charge is -2.13. The zero-order chi connectivity index (χ0) is 15.8. The summed E-state index contributed by atoms with van der Waals surface area (Å²) in [7, 11) is 0. The molecule has 0 aliphatic carbocycles. The van der Waals surface area contributed by atoms with Crippen molar-refractivity contribution in [2.75, 3.05) is 11.9 Å². The van der Waals surface area contributed by atoms with Crippen LogP contribution >= 0.6 is 0 Å². The summed E-state index contributed by atoms with van der Waals surface area (Å²) in [6, 6.07) is 4.23. The normalized spacial score (nSPS) is 11.4. The molecule has 8 nitrogen and oxygen atoms in total. The second kappa shape index (κ2) is 7.75. The molecule has 0 radical (unpaired) electrons. The molecular weight excluding hydrogens is 278 g/mol. The van der Waals surface area contributed by atoms with Crippen molar-refractivity contribution in [1.29, 1.82) is 0 Å². The van der Waals surface area contributed by atoms with Gasteiger partial charge in [0.15, 0.2) is 0 Å². The van der Waals surface area contributed by atoms with Crippen molar-refractivity contribution in [2.24, 2.45) is 0 Å². The van der Waals surface area contributed by atoms with Crippen LogP contribution in [-0.2, 0) is 9.59 Å². The number of rotatable bonds is 8. The van der Waals surface area contributed by atoms with Crippen LogP contribution in [0.2, 0.25) is 0 Å². The maximum absolute atomic E-state index is 11.7. The van der Waals surface area contributed by atoms with Gasteiger partial charge in [0.2, 0.25) is 5.91 Å². The van der Waals surface area contributed by atoms with Crippen LogP contribution in [-0.4, -0.2) is 34.5 Å². The van der Waals surface area contributed by atoms with Crippen molar-refractivity contribution in [3.8, 4) is 0 Å². The number of nitro benzene ring substituents is 1. The van der Waals surface area contributed by atoms with Gasteiger partial charge in [-0.25, -0.2) is 0 Å². The van der Waals surface area contributed by atoms with E-state index in [2.05, 4.69) is 17.2 Å². The Morgan fingerprint density at radius 3 is 2.48 bits per heavy atom. The predicted octanol–water partition coefficient (Wildman–Crippen LogP) is 1.15. The van der Waals surface area contributed by atoms with E-state index in [0.717, 1.165) is 0 Å². The minimum atomic E-state index is -1.14. The number of benzene rings is 1. The zero-order valence-corrected chi connectivity index (χ0v) is 11.1. The molecule has 8 heteroatoms. The third kappa shape index (κ3) is 5.41. The SMILES string of the molecule is C=CCNC(CC(=O)Nc1ccc([N+](=O)[O-])cc1)C(=O)O. The van der Waals surface area contributed by atoms with Crippen LogP contribution in [0.1, 0.15) is 6.42 Å². The molecule has 0 aliphatic heterocycles. The molecule has 1 aromatic carbocycles. The van der Waals surface area contributed by atoms with Crippen molar-refractivity contribution in [3.63, 3.8) is 0 Å². The first-order chi connectivity index (χ1) is 9.93. The Bertz CT molecular complexity index is 541. The summed E-state index contributed by atoms with van der Waals surface area (Å²) in [4.78, 5) is 32.6. The highest BCUT2D eigenvalue weighted by atomic mass is 16.6. The van der Waals surface area contributed by atoms with Gasteiger partial charge < -0.3 is 15.7 Å². The molecule has 1 amide bonds. The molecular formula is C13H15N3O5. The first kappa shape index (κ1) is 16.3. The Balaban J connectivity index is 2.60. The van der Waals surface area contributed by atoms with E-state index in [1.807, 2.05) is 0 Å². The number of carboxylic acids is 1. The van der Waals surface area contributed by atoms with Crippen LogP contribution in [0.4, 0.5) is 11.4 Å². The van der Waals surface area contributed by atoms with Gasteiger partial charge in [-0.2, -0.15) is 0 Å². The summed E-state index contributed by atoms with van der Waals surface area (Å²) >= 11 is 0. The summed E-state index contributed by atoms with van der Waals surface area (Å²) in [5, 5.41) is 24.6. The molecule has 0 aromatic heterocycles. The number of nitrogens with zero attached hydrogens (tertiary/aromatic N) is 1. The molecule has 0 spiro atoms. The number of nitro groups is 1. The molecule has 0 saturated heterocycles. The molecule has 0 heterocycles. The maximum Gasteiger partial charge on any atom is 0.321 e. The largest absolute Gasteiger partial charge is 0.480 e. The number of anilines is 1. The summed E-state index contributed by atoms with van der Waals surface area (Å²) < 4.78 is 0. The topological polar surface area (TPSA) is 122 Å². The number of hydrogen-bond acceptors (Lipinski definition) is 5. The van der Waals surface area contributed by atoms with Crippen LogP contribution in [0, 0.1) is 10.1 Å². The average molecular weight is 293 g/mol. The van der Waals surface area contributed by atoms with E-state index in [0.29, 0.717) is 5.69 Å². The van der Waals surface area contributed by atoms with Crippen molar-refractivity contribution in [3.05, 3.63) is 47.0 Å². The number of carboxylic acid groups (broad SMARTS) is 1. The lowest BCUT2D eigenvalue weighted by molar-refractivity contribution is -0.384. The first-order valence-electron chi connectivity index (χ1n) is 6.05. The molecule has 1 aromatic rings. The number of nitrogens with one attached hydrogen (secondary N) is 2. The molecule has 0 bridgehead atoms. The highest BCUT2D eigenvalue weighted by Gasteiger charge is 2.20. The number of hydrogen-bond donors (Lipinski definition) is 3. The highest BCUT2D eigenvalue weighted by molar-refractivity contribution is 5.94. The van der Waals surface area contributed by atoms with Gasteiger partial charge in [0.25, 0.3) is 5.69 Å². The zero-order valence-electron chi connectivity index (χ0n) is 11.1. The second-order valence-electron chi connectivity index (χ2n) is 4.14. The van der Waals surface area contributed by atoms with Crippen LogP contribution in [0.25, 0.3) is 0 Å². The van der Waals surface area contributed by atoms with Gasteiger partial charge in [-0.05, 0) is 12.1 Å². The molecule has 0 fully saturated rings. The number of aliphatic carboxylic acids is 1. The van der Waals surface area contributed by atoms with Gasteiger partial charge in [-0.15, -0.1) is 6.58 Å². The standard InChI is InChI=1S/C13H15N3O5/c1-2-7-14-11(13(18)19)8-12(17)15-9-3-5-10(6-4-9)16(20)21/h2-6,11,14H,1,7-8H2,(H,15,17)(H,18,19). The molecule has 1 rings (SSSR count).